The Morgan fingerprint density at radius 3 is 2.15 bits per heavy atom. The number of aromatic nitrogens is 1. The minimum absolute atomic E-state index is 0.236. The zero-order chi connectivity index (χ0) is 18.7. The number of anilines is 1. The van der Waals surface area contributed by atoms with E-state index in [2.05, 4.69) is 35.9 Å². The molecule has 1 aromatic heterocycles. The molecule has 27 heavy (non-hydrogen) atoms. The Labute approximate surface area is 159 Å². The van der Waals surface area contributed by atoms with Gasteiger partial charge in [-0.05, 0) is 50.2 Å². The number of amidine groups is 2. The van der Waals surface area contributed by atoms with Gasteiger partial charge in [-0.3, -0.25) is 14.9 Å². The largest absolute Gasteiger partial charge is 0.285 e. The first-order valence-electron chi connectivity index (χ1n) is 9.10. The highest BCUT2D eigenvalue weighted by Gasteiger charge is 2.50. The first kappa shape index (κ1) is 17.2. The Hall–Kier alpha value is -3.27. The zero-order valence-electron chi connectivity index (χ0n) is 15.6. The van der Waals surface area contributed by atoms with Crippen molar-refractivity contribution >= 4 is 23.0 Å². The predicted molar refractivity (Wildman–Crippen MR) is 112 cm³/mol. The summed E-state index contributed by atoms with van der Waals surface area (Å²) in [6, 6.07) is 26.3. The number of hydrogen-bond donors (Lipinski definition) is 0. The van der Waals surface area contributed by atoms with Crippen molar-refractivity contribution in [2.45, 2.75) is 20.4 Å². The van der Waals surface area contributed by atoms with Gasteiger partial charge in [-0.1, -0.05) is 42.5 Å². The molecule has 0 aliphatic carbocycles. The van der Waals surface area contributed by atoms with Crippen LogP contribution in [0.2, 0.25) is 0 Å². The van der Waals surface area contributed by atoms with E-state index in [1.54, 1.807) is 6.20 Å². The molecule has 4 heteroatoms. The third kappa shape index (κ3) is 3.38. The third-order valence-electron chi connectivity index (χ3n) is 4.66. The van der Waals surface area contributed by atoms with E-state index in [1.807, 2.05) is 66.7 Å². The van der Waals surface area contributed by atoms with Crippen LogP contribution in [0.25, 0.3) is 0 Å². The summed E-state index contributed by atoms with van der Waals surface area (Å²) in [5.74, 6) is 2.01. The predicted octanol–water partition coefficient (Wildman–Crippen LogP) is 5.26. The topological polar surface area (TPSA) is 40.9 Å². The van der Waals surface area contributed by atoms with Gasteiger partial charge in [0.15, 0.2) is 0 Å². The van der Waals surface area contributed by atoms with Crippen LogP contribution in [0.1, 0.15) is 19.5 Å². The highest BCUT2D eigenvalue weighted by Crippen LogP contribution is 2.40. The fourth-order valence-electron chi connectivity index (χ4n) is 3.26. The van der Waals surface area contributed by atoms with Crippen LogP contribution in [0.3, 0.4) is 0 Å². The summed E-state index contributed by atoms with van der Waals surface area (Å²) in [5, 5.41) is 0. The molecule has 0 spiro atoms. The Morgan fingerprint density at radius 1 is 0.815 bits per heavy atom. The van der Waals surface area contributed by atoms with Gasteiger partial charge >= 0.3 is 0 Å². The fourth-order valence-corrected chi connectivity index (χ4v) is 3.26. The number of aliphatic imine (C=N–C) groups is 2. The molecule has 4 nitrogen and oxygen atoms in total. The number of hydrogen-bond acceptors (Lipinski definition) is 3. The molecule has 0 radical (unpaired) electrons. The summed E-state index contributed by atoms with van der Waals surface area (Å²) < 4.78 is 0. The van der Waals surface area contributed by atoms with Crippen LogP contribution in [0, 0.1) is 5.41 Å². The lowest BCUT2D eigenvalue weighted by atomic mass is 9.79. The van der Waals surface area contributed by atoms with Crippen molar-refractivity contribution < 1.29 is 0 Å². The van der Waals surface area contributed by atoms with E-state index in [-0.39, 0.29) is 5.41 Å². The molecule has 134 valence electrons. The average molecular weight is 354 g/mol. The summed E-state index contributed by atoms with van der Waals surface area (Å²) in [7, 11) is 0. The lowest BCUT2D eigenvalue weighted by Crippen LogP contribution is -2.64. The molecule has 1 fully saturated rings. The van der Waals surface area contributed by atoms with E-state index in [0.29, 0.717) is 6.54 Å². The summed E-state index contributed by atoms with van der Waals surface area (Å²) in [6.07, 6.45) is 1.80. The standard InChI is InChI=1S/C23H22N4/c1-23(2)21(25-17-19-13-9-10-16-24-19)27(20-14-7-4-8-15-20)22(23)26-18-11-5-3-6-12-18/h3-16H,17H2,1-2H3. The zero-order valence-corrected chi connectivity index (χ0v) is 15.6. The van der Waals surface area contributed by atoms with Gasteiger partial charge in [-0.25, -0.2) is 4.99 Å². The Balaban J connectivity index is 1.73. The fraction of sp³-hybridized carbons (Fsp3) is 0.174. The number of para-hydroxylation sites is 2. The van der Waals surface area contributed by atoms with Gasteiger partial charge in [0.2, 0.25) is 0 Å². The molecule has 0 amide bonds. The van der Waals surface area contributed by atoms with E-state index >= 15 is 0 Å². The Kier molecular flexibility index (Phi) is 4.55. The van der Waals surface area contributed by atoms with Crippen molar-refractivity contribution in [1.29, 1.82) is 0 Å². The molecule has 1 saturated heterocycles. The molecule has 0 atom stereocenters. The van der Waals surface area contributed by atoms with Crippen LogP contribution in [0.4, 0.5) is 11.4 Å². The molecule has 0 bridgehead atoms. The second-order valence-electron chi connectivity index (χ2n) is 7.03. The smallest absolute Gasteiger partial charge is 0.128 e. The summed E-state index contributed by atoms with van der Waals surface area (Å²) in [4.78, 5) is 16.4. The van der Waals surface area contributed by atoms with Crippen molar-refractivity contribution in [3.63, 3.8) is 0 Å². The van der Waals surface area contributed by atoms with Gasteiger partial charge in [-0.15, -0.1) is 0 Å². The van der Waals surface area contributed by atoms with Gasteiger partial charge in [0.25, 0.3) is 0 Å². The van der Waals surface area contributed by atoms with Crippen molar-refractivity contribution in [2.75, 3.05) is 4.90 Å². The van der Waals surface area contributed by atoms with E-state index in [0.717, 1.165) is 28.7 Å². The number of nitrogens with zero attached hydrogens (tertiary/aromatic N) is 4. The van der Waals surface area contributed by atoms with E-state index in [9.17, 15) is 0 Å². The number of benzene rings is 2. The van der Waals surface area contributed by atoms with Gasteiger partial charge in [0.1, 0.15) is 11.7 Å². The molecule has 1 aliphatic heterocycles. The van der Waals surface area contributed by atoms with Gasteiger partial charge in [0.05, 0.1) is 23.3 Å². The maximum absolute atomic E-state index is 4.93. The molecule has 0 unspecified atom stereocenters. The SMILES string of the molecule is CC1(C)C(=NCc2ccccn2)N(c2ccccc2)C1=Nc1ccccc1. The molecule has 2 heterocycles. The van der Waals surface area contributed by atoms with E-state index < -0.39 is 0 Å². The first-order valence-corrected chi connectivity index (χ1v) is 9.10. The normalized spacial score (nSPS) is 18.5. The average Bonchev–Trinajstić information content (AvgIpc) is 2.72. The van der Waals surface area contributed by atoms with E-state index in [4.69, 9.17) is 9.98 Å². The summed E-state index contributed by atoms with van der Waals surface area (Å²) >= 11 is 0. The third-order valence-corrected chi connectivity index (χ3v) is 4.66. The summed E-state index contributed by atoms with van der Waals surface area (Å²) in [6.45, 7) is 4.90. The molecule has 1 aliphatic rings. The first-order chi connectivity index (χ1) is 13.2. The van der Waals surface area contributed by atoms with Crippen molar-refractivity contribution in [1.82, 2.24) is 4.98 Å². The number of rotatable bonds is 4. The van der Waals surface area contributed by atoms with Crippen LogP contribution >= 0.6 is 0 Å². The Morgan fingerprint density at radius 2 is 1.48 bits per heavy atom. The van der Waals surface area contributed by atoms with Crippen LogP contribution < -0.4 is 4.90 Å². The molecule has 2 aromatic carbocycles. The lowest BCUT2D eigenvalue weighted by Gasteiger charge is -2.49. The molecular weight excluding hydrogens is 332 g/mol. The van der Waals surface area contributed by atoms with Crippen LogP contribution in [0.5, 0.6) is 0 Å². The monoisotopic (exact) mass is 354 g/mol. The second kappa shape index (κ2) is 7.16. The maximum atomic E-state index is 4.93. The van der Waals surface area contributed by atoms with Crippen LogP contribution in [-0.2, 0) is 6.54 Å². The molecule has 4 rings (SSSR count). The Bertz CT molecular complexity index is 961. The van der Waals surface area contributed by atoms with Gasteiger partial charge < -0.3 is 0 Å². The second-order valence-corrected chi connectivity index (χ2v) is 7.03. The lowest BCUT2D eigenvalue weighted by molar-refractivity contribution is 0.651. The molecule has 0 N–H and O–H groups in total. The summed E-state index contributed by atoms with van der Waals surface area (Å²) in [5.41, 5.74) is 2.75. The molecular formula is C23H22N4. The van der Waals surface area contributed by atoms with Crippen LogP contribution in [-0.4, -0.2) is 16.7 Å². The quantitative estimate of drug-likeness (QED) is 0.641. The molecule has 0 saturated carbocycles. The van der Waals surface area contributed by atoms with Gasteiger partial charge in [0, 0.05) is 11.9 Å². The minimum Gasteiger partial charge on any atom is -0.285 e. The van der Waals surface area contributed by atoms with E-state index in [1.165, 1.54) is 0 Å². The molecule has 3 aromatic rings. The maximum Gasteiger partial charge on any atom is 0.128 e. The highest BCUT2D eigenvalue weighted by atomic mass is 15.3. The van der Waals surface area contributed by atoms with Crippen molar-refractivity contribution in [3.8, 4) is 0 Å². The highest BCUT2D eigenvalue weighted by molar-refractivity contribution is 6.39. The minimum atomic E-state index is -0.236. The van der Waals surface area contributed by atoms with Crippen LogP contribution in [0.15, 0.2) is 95.0 Å². The number of pyridine rings is 1. The van der Waals surface area contributed by atoms with Crippen molar-refractivity contribution in [3.05, 3.63) is 90.8 Å². The van der Waals surface area contributed by atoms with Gasteiger partial charge in [-0.2, -0.15) is 0 Å². The van der Waals surface area contributed by atoms with Crippen molar-refractivity contribution in [2.24, 2.45) is 15.4 Å².